The topological polar surface area (TPSA) is 50.4 Å². The minimum absolute atomic E-state index is 0.0470. The molecule has 1 aromatic carbocycles. The molecule has 1 aliphatic carbocycles. The maximum absolute atomic E-state index is 12.5. The van der Waals surface area contributed by atoms with Crippen LogP contribution in [0, 0.1) is 10.8 Å². The first kappa shape index (κ1) is 13.3. The zero-order chi connectivity index (χ0) is 14.5. The summed E-state index contributed by atoms with van der Waals surface area (Å²) in [6.45, 7) is 10.1. The van der Waals surface area contributed by atoms with E-state index < -0.39 is 0 Å². The Balaban J connectivity index is 1.83. The van der Waals surface area contributed by atoms with E-state index in [1.807, 2.05) is 18.2 Å². The maximum Gasteiger partial charge on any atom is 0.255 e. The lowest BCUT2D eigenvalue weighted by Crippen LogP contribution is -2.31. The lowest BCUT2D eigenvalue weighted by molar-refractivity contribution is 0.0939. The lowest BCUT2D eigenvalue weighted by Gasteiger charge is -2.21. The van der Waals surface area contributed by atoms with Crippen molar-refractivity contribution in [3.05, 3.63) is 23.8 Å². The first-order valence-corrected chi connectivity index (χ1v) is 7.16. The zero-order valence-electron chi connectivity index (χ0n) is 12.5. The molecule has 2 N–H and O–H groups in total. The summed E-state index contributed by atoms with van der Waals surface area (Å²) in [5, 5.41) is 6.41. The van der Waals surface area contributed by atoms with Crippen molar-refractivity contribution >= 4 is 11.6 Å². The van der Waals surface area contributed by atoms with Gasteiger partial charge in [0.15, 0.2) is 5.75 Å². The third-order valence-corrected chi connectivity index (χ3v) is 5.22. The van der Waals surface area contributed by atoms with Gasteiger partial charge < -0.3 is 15.4 Å². The van der Waals surface area contributed by atoms with Gasteiger partial charge >= 0.3 is 0 Å². The Labute approximate surface area is 119 Å². The van der Waals surface area contributed by atoms with Gasteiger partial charge in [0.05, 0.1) is 11.3 Å². The molecule has 1 heterocycles. The summed E-state index contributed by atoms with van der Waals surface area (Å²) < 4.78 is 5.66. The van der Waals surface area contributed by atoms with Crippen LogP contribution in [0.15, 0.2) is 18.2 Å². The molecule has 0 atom stereocenters. The third kappa shape index (κ3) is 1.78. The Morgan fingerprint density at radius 1 is 1.30 bits per heavy atom. The number of carbonyl (C=O) groups excluding carboxylic acids is 1. The van der Waals surface area contributed by atoms with Gasteiger partial charge in [-0.1, -0.05) is 33.8 Å². The van der Waals surface area contributed by atoms with E-state index in [1.54, 1.807) is 0 Å². The van der Waals surface area contributed by atoms with E-state index in [9.17, 15) is 4.79 Å². The molecule has 4 nitrogen and oxygen atoms in total. The summed E-state index contributed by atoms with van der Waals surface area (Å²) >= 11 is 0. The van der Waals surface area contributed by atoms with E-state index in [4.69, 9.17) is 4.74 Å². The number of amides is 1. The molecular formula is C16H22N2O2. The number of carbonyl (C=O) groups is 1. The second-order valence-electron chi connectivity index (χ2n) is 6.81. The fourth-order valence-electron chi connectivity index (χ4n) is 3.12. The van der Waals surface area contributed by atoms with Gasteiger partial charge in [-0.15, -0.1) is 0 Å². The summed E-state index contributed by atoms with van der Waals surface area (Å²) in [5.74, 6) is 0.627. The normalized spacial score (nSPS) is 22.2. The second-order valence-corrected chi connectivity index (χ2v) is 6.81. The average molecular weight is 274 g/mol. The number of ether oxygens (including phenoxy) is 1. The molecule has 0 radical (unpaired) electrons. The van der Waals surface area contributed by atoms with E-state index in [0.29, 0.717) is 17.9 Å². The Hall–Kier alpha value is -1.71. The molecular weight excluding hydrogens is 252 g/mol. The largest absolute Gasteiger partial charge is 0.489 e. The quantitative estimate of drug-likeness (QED) is 0.871. The van der Waals surface area contributed by atoms with Crippen molar-refractivity contribution in [1.82, 2.24) is 5.32 Å². The summed E-state index contributed by atoms with van der Waals surface area (Å²) in [7, 11) is 0. The van der Waals surface area contributed by atoms with Gasteiger partial charge in [-0.2, -0.15) is 0 Å². The monoisotopic (exact) mass is 274 g/mol. The molecule has 1 saturated carbocycles. The van der Waals surface area contributed by atoms with Crippen molar-refractivity contribution in [2.24, 2.45) is 10.8 Å². The summed E-state index contributed by atoms with van der Waals surface area (Å²) in [6, 6.07) is 5.85. The van der Waals surface area contributed by atoms with Gasteiger partial charge in [-0.05, 0) is 23.0 Å². The fourth-order valence-corrected chi connectivity index (χ4v) is 3.12. The number of hydrogen-bond donors (Lipinski definition) is 2. The molecule has 0 aromatic heterocycles. The van der Waals surface area contributed by atoms with Crippen molar-refractivity contribution < 1.29 is 9.53 Å². The van der Waals surface area contributed by atoms with Crippen LogP contribution in [0.25, 0.3) is 0 Å². The van der Waals surface area contributed by atoms with E-state index >= 15 is 0 Å². The molecule has 108 valence electrons. The first-order valence-electron chi connectivity index (χ1n) is 7.16. The maximum atomic E-state index is 12.5. The van der Waals surface area contributed by atoms with Crippen molar-refractivity contribution in [1.29, 1.82) is 0 Å². The smallest absolute Gasteiger partial charge is 0.255 e. The molecule has 3 rings (SSSR count). The molecule has 1 aliphatic heterocycles. The standard InChI is InChI=1S/C16H22N2O2/c1-15(2)14(16(15,3)4)18-13(19)10-6-5-7-11-12(10)20-9-8-17-11/h5-7,14,17H,8-9H2,1-4H3,(H,18,19). The molecule has 0 unspecified atom stereocenters. The van der Waals surface area contributed by atoms with Crippen LogP contribution in [0.4, 0.5) is 5.69 Å². The lowest BCUT2D eigenvalue weighted by atomic mass is 10.0. The molecule has 0 bridgehead atoms. The van der Waals surface area contributed by atoms with Crippen molar-refractivity contribution in [2.45, 2.75) is 33.7 Å². The highest BCUT2D eigenvalue weighted by atomic mass is 16.5. The molecule has 0 saturated heterocycles. The molecule has 20 heavy (non-hydrogen) atoms. The summed E-state index contributed by atoms with van der Waals surface area (Å²) in [5.41, 5.74) is 1.79. The Bertz CT molecular complexity index is 550. The van der Waals surface area contributed by atoms with E-state index in [-0.39, 0.29) is 22.8 Å². The predicted octanol–water partition coefficient (Wildman–Crippen LogP) is 2.66. The van der Waals surface area contributed by atoms with E-state index in [1.165, 1.54) is 0 Å². The number of fused-ring (bicyclic) bond motifs is 1. The van der Waals surface area contributed by atoms with Crippen LogP contribution in [-0.4, -0.2) is 25.1 Å². The number of hydrogen-bond acceptors (Lipinski definition) is 3. The zero-order valence-corrected chi connectivity index (χ0v) is 12.5. The minimum atomic E-state index is -0.0470. The highest BCUT2D eigenvalue weighted by Gasteiger charge is 2.65. The molecule has 4 heteroatoms. The van der Waals surface area contributed by atoms with Crippen LogP contribution in [0.3, 0.4) is 0 Å². The van der Waals surface area contributed by atoms with Gasteiger partial charge in [0.2, 0.25) is 0 Å². The molecule has 2 aliphatic rings. The second kappa shape index (κ2) is 4.14. The van der Waals surface area contributed by atoms with Crippen molar-refractivity contribution in [3.8, 4) is 5.75 Å². The SMILES string of the molecule is CC1(C)C(NC(=O)c2cccc3c2OCCN3)C1(C)C. The van der Waals surface area contributed by atoms with Gasteiger partial charge in [0.25, 0.3) is 5.91 Å². The Morgan fingerprint density at radius 3 is 2.65 bits per heavy atom. The molecule has 1 fully saturated rings. The van der Waals surface area contributed by atoms with Crippen LogP contribution < -0.4 is 15.4 Å². The number of rotatable bonds is 2. The van der Waals surface area contributed by atoms with Gasteiger partial charge in [-0.3, -0.25) is 4.79 Å². The van der Waals surface area contributed by atoms with Crippen LogP contribution in [-0.2, 0) is 0 Å². The van der Waals surface area contributed by atoms with Crippen molar-refractivity contribution in [2.75, 3.05) is 18.5 Å². The number of nitrogens with one attached hydrogen (secondary N) is 2. The third-order valence-electron chi connectivity index (χ3n) is 5.22. The van der Waals surface area contributed by atoms with Crippen LogP contribution in [0.2, 0.25) is 0 Å². The Morgan fingerprint density at radius 2 is 2.00 bits per heavy atom. The highest BCUT2D eigenvalue weighted by molar-refractivity contribution is 5.99. The summed E-state index contributed by atoms with van der Waals surface area (Å²) in [6.07, 6.45) is 0. The Kier molecular flexibility index (Phi) is 2.75. The minimum Gasteiger partial charge on any atom is -0.489 e. The van der Waals surface area contributed by atoms with Crippen LogP contribution >= 0.6 is 0 Å². The highest BCUT2D eigenvalue weighted by Crippen LogP contribution is 2.62. The number of para-hydroxylation sites is 1. The first-order chi connectivity index (χ1) is 9.35. The van der Waals surface area contributed by atoms with Crippen molar-refractivity contribution in [3.63, 3.8) is 0 Å². The van der Waals surface area contributed by atoms with E-state index in [2.05, 4.69) is 38.3 Å². The molecule has 0 spiro atoms. The molecule has 1 amide bonds. The van der Waals surface area contributed by atoms with Crippen LogP contribution in [0.1, 0.15) is 38.1 Å². The number of anilines is 1. The predicted molar refractivity (Wildman–Crippen MR) is 79.2 cm³/mol. The van der Waals surface area contributed by atoms with Crippen LogP contribution in [0.5, 0.6) is 5.75 Å². The number of benzene rings is 1. The molecule has 1 aromatic rings. The summed E-state index contributed by atoms with van der Waals surface area (Å²) in [4.78, 5) is 12.5. The van der Waals surface area contributed by atoms with E-state index in [0.717, 1.165) is 12.2 Å². The van der Waals surface area contributed by atoms with Gasteiger partial charge in [-0.25, -0.2) is 0 Å². The average Bonchev–Trinajstić information content (AvgIpc) is 2.80. The van der Waals surface area contributed by atoms with Gasteiger partial charge in [0, 0.05) is 12.6 Å². The fraction of sp³-hybridized carbons (Fsp3) is 0.562. The van der Waals surface area contributed by atoms with Gasteiger partial charge in [0.1, 0.15) is 6.61 Å².